The van der Waals surface area contributed by atoms with E-state index in [1.807, 2.05) is 0 Å². The maximum Gasteiger partial charge on any atom is 0.188 e. The zero-order chi connectivity index (χ0) is 20.5. The van der Waals surface area contributed by atoms with E-state index in [4.69, 9.17) is 4.74 Å². The first-order valence-electron chi connectivity index (χ1n) is 10.2. The summed E-state index contributed by atoms with van der Waals surface area (Å²) in [5, 5.41) is 3.46. The van der Waals surface area contributed by atoms with Crippen molar-refractivity contribution in [1.82, 2.24) is 15.3 Å². The number of rotatable bonds is 6. The Kier molecular flexibility index (Phi) is 5.42. The first-order valence-corrected chi connectivity index (χ1v) is 10.2. The third kappa shape index (κ3) is 4.66. The third-order valence-corrected chi connectivity index (χ3v) is 5.96. The monoisotopic (exact) mass is 402 g/mol. The number of hydrogen-bond acceptors (Lipinski definition) is 5. The Labute approximate surface area is 170 Å². The van der Waals surface area contributed by atoms with E-state index in [-0.39, 0.29) is 12.2 Å². The van der Waals surface area contributed by atoms with Gasteiger partial charge in [-0.2, -0.15) is 0 Å². The molecule has 0 aliphatic carbocycles. The van der Waals surface area contributed by atoms with E-state index in [0.717, 1.165) is 38.4 Å². The molecule has 1 atom stereocenters. The van der Waals surface area contributed by atoms with E-state index in [1.165, 1.54) is 38.7 Å². The largest absolute Gasteiger partial charge is 0.452 e. The van der Waals surface area contributed by atoms with Crippen molar-refractivity contribution in [3.63, 3.8) is 0 Å². The summed E-state index contributed by atoms with van der Waals surface area (Å²) in [6.45, 7) is 6.99. The maximum atomic E-state index is 14.0. The topological polar surface area (TPSA) is 50.3 Å². The minimum Gasteiger partial charge on any atom is -0.452 e. The van der Waals surface area contributed by atoms with Crippen LogP contribution in [0.15, 0.2) is 30.7 Å². The number of alkyl halides is 1. The molecule has 0 saturated carbocycles. The number of ether oxygens (including phenoxy) is 1. The molecule has 0 bridgehead atoms. The summed E-state index contributed by atoms with van der Waals surface area (Å²) in [6.07, 6.45) is 6.14. The van der Waals surface area contributed by atoms with Crippen LogP contribution in [0, 0.1) is 11.2 Å². The van der Waals surface area contributed by atoms with Gasteiger partial charge in [0.1, 0.15) is 23.6 Å². The molecule has 29 heavy (non-hydrogen) atoms. The van der Waals surface area contributed by atoms with E-state index >= 15 is 0 Å². The Morgan fingerprint density at radius 2 is 2.14 bits per heavy atom. The van der Waals surface area contributed by atoms with Crippen molar-refractivity contribution < 1.29 is 13.5 Å². The van der Waals surface area contributed by atoms with Crippen LogP contribution in [-0.2, 0) is 6.42 Å². The Hall–Kier alpha value is -2.28. The molecule has 1 spiro atoms. The SMILES string of the molecule is CC(C)(F)CCc1cc(F)ccc1Oc1cncnc1N1CCC2(CCNC2)C1. The lowest BCUT2D eigenvalue weighted by Crippen LogP contribution is -2.29. The van der Waals surface area contributed by atoms with Gasteiger partial charge >= 0.3 is 0 Å². The molecular formula is C22H28F2N4O. The fourth-order valence-corrected chi connectivity index (χ4v) is 4.27. The van der Waals surface area contributed by atoms with Crippen LogP contribution in [0.3, 0.4) is 0 Å². The normalized spacial score (nSPS) is 21.9. The molecule has 3 heterocycles. The van der Waals surface area contributed by atoms with Gasteiger partial charge in [0.05, 0.1) is 6.20 Å². The molecule has 1 aromatic carbocycles. The van der Waals surface area contributed by atoms with Gasteiger partial charge in [0.25, 0.3) is 0 Å². The van der Waals surface area contributed by atoms with Crippen molar-refractivity contribution in [3.05, 3.63) is 42.1 Å². The van der Waals surface area contributed by atoms with Crippen molar-refractivity contribution in [2.75, 3.05) is 31.1 Å². The van der Waals surface area contributed by atoms with Crippen LogP contribution in [-0.4, -0.2) is 41.8 Å². The molecule has 5 nitrogen and oxygen atoms in total. The van der Waals surface area contributed by atoms with E-state index in [1.54, 1.807) is 12.3 Å². The van der Waals surface area contributed by atoms with E-state index in [2.05, 4.69) is 20.2 Å². The van der Waals surface area contributed by atoms with Crippen molar-refractivity contribution in [2.45, 2.75) is 45.2 Å². The van der Waals surface area contributed by atoms with Gasteiger partial charge in [-0.1, -0.05) is 0 Å². The highest BCUT2D eigenvalue weighted by atomic mass is 19.1. The molecular weight excluding hydrogens is 374 g/mol. The van der Waals surface area contributed by atoms with Crippen molar-refractivity contribution in [3.8, 4) is 11.5 Å². The second-order valence-electron chi connectivity index (χ2n) is 8.88. The molecule has 7 heteroatoms. The number of halogens is 2. The summed E-state index contributed by atoms with van der Waals surface area (Å²) in [5.74, 6) is 1.46. The van der Waals surface area contributed by atoms with Crippen molar-refractivity contribution >= 4 is 5.82 Å². The summed E-state index contributed by atoms with van der Waals surface area (Å²) < 4.78 is 33.9. The summed E-state index contributed by atoms with van der Waals surface area (Å²) in [7, 11) is 0. The lowest BCUT2D eigenvalue weighted by atomic mass is 9.87. The van der Waals surface area contributed by atoms with Crippen molar-refractivity contribution in [2.24, 2.45) is 5.41 Å². The van der Waals surface area contributed by atoms with Crippen LogP contribution in [0.5, 0.6) is 11.5 Å². The smallest absolute Gasteiger partial charge is 0.188 e. The standard InChI is InChI=1S/C22H28F2N4O/c1-21(2,24)6-5-16-11-17(23)3-4-18(16)29-19-12-26-15-27-20(19)28-10-8-22(14-28)7-9-25-13-22/h3-4,11-12,15,25H,5-10,13-14H2,1-2H3. The number of benzene rings is 1. The van der Waals surface area contributed by atoms with Crippen LogP contribution in [0.25, 0.3) is 0 Å². The summed E-state index contributed by atoms with van der Waals surface area (Å²) in [5.41, 5.74) is -0.386. The number of aromatic nitrogens is 2. The van der Waals surface area contributed by atoms with Crippen LogP contribution in [0.2, 0.25) is 0 Å². The van der Waals surface area contributed by atoms with E-state index in [9.17, 15) is 8.78 Å². The predicted octanol–water partition coefficient (Wildman–Crippen LogP) is 4.28. The van der Waals surface area contributed by atoms with E-state index in [0.29, 0.717) is 28.9 Å². The first kappa shape index (κ1) is 20.0. The molecule has 4 rings (SSSR count). The van der Waals surface area contributed by atoms with Gasteiger partial charge in [-0.05, 0) is 69.8 Å². The van der Waals surface area contributed by atoms with Gasteiger partial charge < -0.3 is 15.0 Å². The Morgan fingerprint density at radius 3 is 2.90 bits per heavy atom. The number of anilines is 1. The van der Waals surface area contributed by atoms with Crippen LogP contribution >= 0.6 is 0 Å². The Balaban J connectivity index is 1.56. The second-order valence-corrected chi connectivity index (χ2v) is 8.88. The van der Waals surface area contributed by atoms with Gasteiger partial charge in [-0.3, -0.25) is 0 Å². The Bertz CT molecular complexity index is 862. The van der Waals surface area contributed by atoms with Crippen LogP contribution in [0.4, 0.5) is 14.6 Å². The zero-order valence-corrected chi connectivity index (χ0v) is 17.0. The average Bonchev–Trinajstić information content (AvgIpc) is 3.32. The number of hydrogen-bond donors (Lipinski definition) is 1. The van der Waals surface area contributed by atoms with Gasteiger partial charge in [0.2, 0.25) is 0 Å². The summed E-state index contributed by atoms with van der Waals surface area (Å²) >= 11 is 0. The van der Waals surface area contributed by atoms with Gasteiger partial charge in [-0.15, -0.1) is 0 Å². The van der Waals surface area contributed by atoms with Gasteiger partial charge in [-0.25, -0.2) is 18.7 Å². The molecule has 1 aromatic heterocycles. The third-order valence-electron chi connectivity index (χ3n) is 5.96. The van der Waals surface area contributed by atoms with Crippen LogP contribution < -0.4 is 15.0 Å². The van der Waals surface area contributed by atoms with E-state index < -0.39 is 5.67 Å². The number of nitrogens with one attached hydrogen (secondary N) is 1. The molecule has 1 unspecified atom stereocenters. The molecule has 0 radical (unpaired) electrons. The zero-order valence-electron chi connectivity index (χ0n) is 17.0. The highest BCUT2D eigenvalue weighted by Crippen LogP contribution is 2.41. The predicted molar refractivity (Wildman–Crippen MR) is 109 cm³/mol. The quantitative estimate of drug-likeness (QED) is 0.782. The molecule has 2 aromatic rings. The fraction of sp³-hybridized carbons (Fsp3) is 0.545. The second kappa shape index (κ2) is 7.86. The molecule has 2 aliphatic heterocycles. The minimum absolute atomic E-state index is 0.284. The summed E-state index contributed by atoms with van der Waals surface area (Å²) in [4.78, 5) is 10.9. The van der Waals surface area contributed by atoms with Gasteiger partial charge in [0.15, 0.2) is 11.6 Å². The Morgan fingerprint density at radius 1 is 1.28 bits per heavy atom. The first-order chi connectivity index (χ1) is 13.8. The molecule has 156 valence electrons. The van der Waals surface area contributed by atoms with Crippen molar-refractivity contribution in [1.29, 1.82) is 0 Å². The molecule has 0 amide bonds. The minimum atomic E-state index is -1.33. The molecule has 1 N–H and O–H groups in total. The lowest BCUT2D eigenvalue weighted by molar-refractivity contribution is 0.201. The summed E-state index contributed by atoms with van der Waals surface area (Å²) in [6, 6.07) is 4.37. The highest BCUT2D eigenvalue weighted by molar-refractivity contribution is 5.54. The van der Waals surface area contributed by atoms with Gasteiger partial charge in [0, 0.05) is 25.0 Å². The lowest BCUT2D eigenvalue weighted by Gasteiger charge is -2.24. The molecule has 2 aliphatic rings. The molecule has 2 fully saturated rings. The molecule has 2 saturated heterocycles. The number of aryl methyl sites for hydroxylation is 1. The number of nitrogens with zero attached hydrogens (tertiary/aromatic N) is 3. The van der Waals surface area contributed by atoms with Crippen LogP contribution in [0.1, 0.15) is 38.7 Å². The average molecular weight is 402 g/mol. The fourth-order valence-electron chi connectivity index (χ4n) is 4.27. The maximum absolute atomic E-state index is 14.0. The highest BCUT2D eigenvalue weighted by Gasteiger charge is 2.41.